The van der Waals surface area contributed by atoms with E-state index in [9.17, 15) is 0 Å². The maximum Gasteiger partial charge on any atom is 0.195 e. The predicted molar refractivity (Wildman–Crippen MR) is 89.1 cm³/mol. The molecule has 0 radical (unpaired) electrons. The number of anilines is 1. The Balaban J connectivity index is 2.38. The molecule has 0 fully saturated rings. The lowest BCUT2D eigenvalue weighted by molar-refractivity contribution is 0.385. The monoisotopic (exact) mass is 320 g/mol. The molecule has 0 aliphatic heterocycles. The van der Waals surface area contributed by atoms with Gasteiger partial charge in [-0.2, -0.15) is 0 Å². The normalized spacial score (nSPS) is 10.3. The number of hydrogen-bond donors (Lipinski definition) is 2. The Morgan fingerprint density at radius 3 is 2.41 bits per heavy atom. The minimum absolute atomic E-state index is 0.0648. The van der Waals surface area contributed by atoms with Gasteiger partial charge in [0, 0.05) is 5.38 Å². The summed E-state index contributed by atoms with van der Waals surface area (Å²) >= 11 is 1.47. The zero-order chi connectivity index (χ0) is 16.1. The van der Waals surface area contributed by atoms with Crippen LogP contribution in [0.25, 0.3) is 0 Å². The van der Waals surface area contributed by atoms with Gasteiger partial charge in [-0.3, -0.25) is 10.3 Å². The number of hydrogen-bond acceptors (Lipinski definition) is 5. The Hall–Kier alpha value is -2.28. The van der Waals surface area contributed by atoms with Crippen molar-refractivity contribution in [3.63, 3.8) is 0 Å². The van der Waals surface area contributed by atoms with Crippen molar-refractivity contribution in [1.82, 2.24) is 4.98 Å². The van der Waals surface area contributed by atoms with E-state index < -0.39 is 0 Å². The molecule has 22 heavy (non-hydrogen) atoms. The van der Waals surface area contributed by atoms with Crippen LogP contribution < -0.4 is 20.1 Å². The van der Waals surface area contributed by atoms with E-state index in [0.717, 1.165) is 17.7 Å². The fourth-order valence-corrected chi connectivity index (χ4v) is 3.00. The number of nitrogens with two attached hydrogens (primary N) is 1. The van der Waals surface area contributed by atoms with Gasteiger partial charge in [0.15, 0.2) is 11.1 Å². The minimum atomic E-state index is -0.0648. The molecule has 0 saturated carbocycles. The first-order valence-electron chi connectivity index (χ1n) is 6.86. The van der Waals surface area contributed by atoms with Crippen LogP contribution in [0, 0.1) is 5.41 Å². The van der Waals surface area contributed by atoms with Crippen molar-refractivity contribution in [2.75, 3.05) is 19.1 Å². The predicted octanol–water partition coefficient (Wildman–Crippen LogP) is 2.62. The van der Waals surface area contributed by atoms with E-state index in [-0.39, 0.29) is 5.96 Å². The highest BCUT2D eigenvalue weighted by molar-refractivity contribution is 7.14. The molecule has 7 heteroatoms. The van der Waals surface area contributed by atoms with E-state index >= 15 is 0 Å². The van der Waals surface area contributed by atoms with Crippen molar-refractivity contribution < 1.29 is 9.47 Å². The van der Waals surface area contributed by atoms with Crippen LogP contribution in [0.3, 0.4) is 0 Å². The summed E-state index contributed by atoms with van der Waals surface area (Å²) in [6.45, 7) is 2.40. The first-order valence-corrected chi connectivity index (χ1v) is 7.74. The van der Waals surface area contributed by atoms with Crippen molar-refractivity contribution in [2.45, 2.75) is 19.9 Å². The molecule has 2 rings (SSSR count). The fraction of sp³-hybridized carbons (Fsp3) is 0.333. The number of rotatable bonds is 6. The van der Waals surface area contributed by atoms with E-state index in [4.69, 9.17) is 20.6 Å². The second-order valence-corrected chi connectivity index (χ2v) is 5.42. The maximum absolute atomic E-state index is 7.85. The van der Waals surface area contributed by atoms with E-state index in [1.165, 1.54) is 11.3 Å². The summed E-state index contributed by atoms with van der Waals surface area (Å²) in [5.41, 5.74) is 7.56. The van der Waals surface area contributed by atoms with Crippen LogP contribution >= 0.6 is 11.3 Å². The maximum atomic E-state index is 7.85. The Labute approximate surface area is 134 Å². The molecule has 2 aromatic rings. The van der Waals surface area contributed by atoms with E-state index in [2.05, 4.69) is 4.98 Å². The van der Waals surface area contributed by atoms with Crippen molar-refractivity contribution in [2.24, 2.45) is 5.73 Å². The lowest BCUT2D eigenvalue weighted by atomic mass is 10.1. The molecule has 1 heterocycles. The van der Waals surface area contributed by atoms with Crippen molar-refractivity contribution in [3.05, 3.63) is 34.8 Å². The average molecular weight is 320 g/mol. The number of nitrogens with zero attached hydrogens (tertiary/aromatic N) is 2. The molecular weight excluding hydrogens is 300 g/mol. The molecule has 118 valence electrons. The van der Waals surface area contributed by atoms with Gasteiger partial charge in [-0.15, -0.1) is 11.3 Å². The van der Waals surface area contributed by atoms with Gasteiger partial charge < -0.3 is 15.2 Å². The van der Waals surface area contributed by atoms with Gasteiger partial charge in [-0.05, 0) is 18.6 Å². The van der Waals surface area contributed by atoms with Crippen LogP contribution in [0.15, 0.2) is 23.6 Å². The zero-order valence-electron chi connectivity index (χ0n) is 12.9. The van der Waals surface area contributed by atoms with Gasteiger partial charge in [-0.25, -0.2) is 4.98 Å². The highest BCUT2D eigenvalue weighted by Gasteiger charge is 2.19. The molecule has 3 N–H and O–H groups in total. The number of thiazole rings is 1. The molecule has 1 aromatic carbocycles. The summed E-state index contributed by atoms with van der Waals surface area (Å²) in [6.07, 6.45) is 0.847. The third-order valence-electron chi connectivity index (χ3n) is 3.27. The summed E-state index contributed by atoms with van der Waals surface area (Å²) in [4.78, 5) is 6.14. The minimum Gasteiger partial charge on any atom is -0.496 e. The molecule has 6 nitrogen and oxygen atoms in total. The third-order valence-corrected chi connectivity index (χ3v) is 4.18. The van der Waals surface area contributed by atoms with Gasteiger partial charge in [-0.1, -0.05) is 13.0 Å². The highest BCUT2D eigenvalue weighted by atomic mass is 32.1. The van der Waals surface area contributed by atoms with E-state index in [1.807, 2.05) is 30.5 Å². The lowest BCUT2D eigenvalue weighted by Crippen LogP contribution is -2.36. The molecule has 0 aliphatic rings. The second-order valence-electron chi connectivity index (χ2n) is 4.59. The molecule has 0 atom stereocenters. The Bertz CT molecular complexity index is 634. The van der Waals surface area contributed by atoms with Crippen LogP contribution in [-0.4, -0.2) is 25.2 Å². The fourth-order valence-electron chi connectivity index (χ4n) is 2.08. The molecular formula is C15H20N4O2S. The standard InChI is InChI=1S/C15H20N4O2S/c1-4-10-9-22-15(18-10)19(14(16)17)8-11-12(20-2)6-5-7-13(11)21-3/h5-7,9H,4,8H2,1-3H3,(H3,16,17). The van der Waals surface area contributed by atoms with Crippen molar-refractivity contribution >= 4 is 22.4 Å². The van der Waals surface area contributed by atoms with Gasteiger partial charge >= 0.3 is 0 Å². The molecule has 0 amide bonds. The van der Waals surface area contributed by atoms with Crippen molar-refractivity contribution in [3.8, 4) is 11.5 Å². The van der Waals surface area contributed by atoms with E-state index in [1.54, 1.807) is 19.1 Å². The van der Waals surface area contributed by atoms with Crippen LogP contribution in [-0.2, 0) is 13.0 Å². The Morgan fingerprint density at radius 2 is 1.95 bits per heavy atom. The zero-order valence-corrected chi connectivity index (χ0v) is 13.7. The van der Waals surface area contributed by atoms with Gasteiger partial charge in [0.25, 0.3) is 0 Å². The summed E-state index contributed by atoms with van der Waals surface area (Å²) < 4.78 is 10.8. The topological polar surface area (TPSA) is 84.5 Å². The van der Waals surface area contributed by atoms with Gasteiger partial charge in [0.1, 0.15) is 11.5 Å². The van der Waals surface area contributed by atoms with Crippen LogP contribution in [0.4, 0.5) is 5.13 Å². The van der Waals surface area contributed by atoms with Crippen LogP contribution in [0.5, 0.6) is 11.5 Å². The molecule has 0 aliphatic carbocycles. The third kappa shape index (κ3) is 3.30. The summed E-state index contributed by atoms with van der Waals surface area (Å²) in [6, 6.07) is 5.57. The Kier molecular flexibility index (Phi) is 5.21. The largest absolute Gasteiger partial charge is 0.496 e. The molecule has 0 unspecified atom stereocenters. The van der Waals surface area contributed by atoms with Gasteiger partial charge in [0.2, 0.25) is 0 Å². The number of methoxy groups -OCH3 is 2. The number of aryl methyl sites for hydroxylation is 1. The van der Waals surface area contributed by atoms with E-state index in [0.29, 0.717) is 23.2 Å². The Morgan fingerprint density at radius 1 is 1.32 bits per heavy atom. The van der Waals surface area contributed by atoms with Crippen molar-refractivity contribution in [1.29, 1.82) is 5.41 Å². The summed E-state index contributed by atoms with van der Waals surface area (Å²) in [7, 11) is 3.21. The number of aromatic nitrogens is 1. The quantitative estimate of drug-likeness (QED) is 0.631. The number of guanidine groups is 1. The van der Waals surface area contributed by atoms with Gasteiger partial charge in [0.05, 0.1) is 32.0 Å². The first-order chi connectivity index (χ1) is 10.6. The number of benzene rings is 1. The molecule has 1 aromatic heterocycles. The smallest absolute Gasteiger partial charge is 0.195 e. The second kappa shape index (κ2) is 7.13. The molecule has 0 spiro atoms. The molecule has 0 saturated heterocycles. The highest BCUT2D eigenvalue weighted by Crippen LogP contribution is 2.32. The number of ether oxygens (including phenoxy) is 2. The number of nitrogens with one attached hydrogen (secondary N) is 1. The first kappa shape index (κ1) is 16.1. The van der Waals surface area contributed by atoms with Crippen LogP contribution in [0.1, 0.15) is 18.2 Å². The SMILES string of the molecule is CCc1csc(N(Cc2c(OC)cccc2OC)C(=N)N)n1. The lowest BCUT2D eigenvalue weighted by Gasteiger charge is -2.22. The van der Waals surface area contributed by atoms with Crippen LogP contribution in [0.2, 0.25) is 0 Å². The average Bonchev–Trinajstić information content (AvgIpc) is 3.00. The molecule has 0 bridgehead atoms. The summed E-state index contributed by atoms with van der Waals surface area (Å²) in [5, 5.41) is 10.5. The summed E-state index contributed by atoms with van der Waals surface area (Å²) in [5.74, 6) is 1.32.